The first-order valence-corrected chi connectivity index (χ1v) is 9.25. The molecule has 1 fully saturated rings. The number of carbonyl (C=O) groups is 2. The Balaban J connectivity index is 1.45. The highest BCUT2D eigenvalue weighted by atomic mass is 16.5. The van der Waals surface area contributed by atoms with Crippen LogP contribution in [0.1, 0.15) is 11.1 Å². The summed E-state index contributed by atoms with van der Waals surface area (Å²) in [5.41, 5.74) is 3.75. The van der Waals surface area contributed by atoms with Gasteiger partial charge in [-0.2, -0.15) is 0 Å². The van der Waals surface area contributed by atoms with Gasteiger partial charge in [-0.15, -0.1) is 0 Å². The Morgan fingerprint density at radius 1 is 1.11 bits per heavy atom. The molecule has 1 N–H and O–H groups in total. The third-order valence-electron chi connectivity index (χ3n) is 4.46. The van der Waals surface area contributed by atoms with E-state index in [-0.39, 0.29) is 12.5 Å². The Hall–Kier alpha value is -3.12. The summed E-state index contributed by atoms with van der Waals surface area (Å²) >= 11 is 0. The van der Waals surface area contributed by atoms with E-state index >= 15 is 0 Å². The summed E-state index contributed by atoms with van der Waals surface area (Å²) in [5.74, 6) is -0.933. The SMILES string of the molecule is Cc1ccccc1/C=C/C(=O)OCC(=O)Nc1ccc(N2CCOCC2)cc1. The molecule has 2 aromatic carbocycles. The molecule has 0 spiro atoms. The van der Waals surface area contributed by atoms with Gasteiger partial charge in [-0.1, -0.05) is 24.3 Å². The molecule has 1 heterocycles. The van der Waals surface area contributed by atoms with Gasteiger partial charge in [0.25, 0.3) is 5.91 Å². The van der Waals surface area contributed by atoms with Gasteiger partial charge in [0.1, 0.15) is 0 Å². The fourth-order valence-corrected chi connectivity index (χ4v) is 2.89. The summed E-state index contributed by atoms with van der Waals surface area (Å²) in [6.45, 7) is 4.80. The van der Waals surface area contributed by atoms with Crippen molar-refractivity contribution in [2.45, 2.75) is 6.92 Å². The molecule has 1 aliphatic heterocycles. The molecule has 6 nitrogen and oxygen atoms in total. The van der Waals surface area contributed by atoms with Crippen LogP contribution >= 0.6 is 0 Å². The van der Waals surface area contributed by atoms with E-state index in [0.717, 1.165) is 43.1 Å². The van der Waals surface area contributed by atoms with Gasteiger partial charge in [0.05, 0.1) is 13.2 Å². The number of morpholine rings is 1. The van der Waals surface area contributed by atoms with Crippen molar-refractivity contribution >= 4 is 29.3 Å². The zero-order valence-corrected chi connectivity index (χ0v) is 15.9. The van der Waals surface area contributed by atoms with Gasteiger partial charge in [0.15, 0.2) is 6.61 Å². The average molecular weight is 380 g/mol. The van der Waals surface area contributed by atoms with Crippen molar-refractivity contribution in [2.75, 3.05) is 43.1 Å². The third-order valence-corrected chi connectivity index (χ3v) is 4.46. The smallest absolute Gasteiger partial charge is 0.331 e. The normalized spacial score (nSPS) is 14.1. The van der Waals surface area contributed by atoms with Crippen LogP contribution in [0.15, 0.2) is 54.6 Å². The number of carbonyl (C=O) groups excluding carboxylic acids is 2. The molecule has 0 aromatic heterocycles. The molecule has 1 amide bonds. The predicted octanol–water partition coefficient (Wildman–Crippen LogP) is 3.03. The van der Waals surface area contributed by atoms with Gasteiger partial charge >= 0.3 is 5.97 Å². The predicted molar refractivity (Wildman–Crippen MR) is 109 cm³/mol. The second-order valence-corrected chi connectivity index (χ2v) is 6.49. The number of benzene rings is 2. The lowest BCUT2D eigenvalue weighted by atomic mass is 10.1. The standard InChI is InChI=1S/C22H24N2O4/c1-17-4-2-3-5-18(17)6-11-22(26)28-16-21(25)23-19-7-9-20(10-8-19)24-12-14-27-15-13-24/h2-11H,12-16H2,1H3,(H,23,25)/b11-6+. The Kier molecular flexibility index (Phi) is 6.81. The minimum atomic E-state index is -0.555. The van der Waals surface area contributed by atoms with Crippen molar-refractivity contribution in [3.05, 3.63) is 65.7 Å². The molecule has 28 heavy (non-hydrogen) atoms. The van der Waals surface area contributed by atoms with Gasteiger partial charge in [-0.25, -0.2) is 4.79 Å². The van der Waals surface area contributed by atoms with E-state index < -0.39 is 5.97 Å². The fraction of sp³-hybridized carbons (Fsp3) is 0.273. The van der Waals surface area contributed by atoms with Crippen LogP contribution in [0.3, 0.4) is 0 Å². The fourth-order valence-electron chi connectivity index (χ4n) is 2.89. The van der Waals surface area contributed by atoms with Crippen molar-refractivity contribution in [1.29, 1.82) is 0 Å². The number of hydrogen-bond donors (Lipinski definition) is 1. The maximum absolute atomic E-state index is 12.0. The van der Waals surface area contributed by atoms with Crippen molar-refractivity contribution in [2.24, 2.45) is 0 Å². The van der Waals surface area contributed by atoms with E-state index in [1.54, 1.807) is 6.08 Å². The monoisotopic (exact) mass is 380 g/mol. The van der Waals surface area contributed by atoms with Gasteiger partial charge in [-0.3, -0.25) is 4.79 Å². The lowest BCUT2D eigenvalue weighted by Crippen LogP contribution is -2.36. The van der Waals surface area contributed by atoms with Gasteiger partial charge in [-0.05, 0) is 48.4 Å². The van der Waals surface area contributed by atoms with Crippen molar-refractivity contribution in [3.63, 3.8) is 0 Å². The Morgan fingerprint density at radius 3 is 2.54 bits per heavy atom. The zero-order chi connectivity index (χ0) is 19.8. The second kappa shape index (κ2) is 9.71. The minimum absolute atomic E-state index is 0.331. The van der Waals surface area contributed by atoms with Crippen LogP contribution in [0, 0.1) is 6.92 Å². The largest absolute Gasteiger partial charge is 0.452 e. The number of aryl methyl sites for hydroxylation is 1. The molecule has 0 radical (unpaired) electrons. The summed E-state index contributed by atoms with van der Waals surface area (Å²) < 4.78 is 10.3. The first-order chi connectivity index (χ1) is 13.6. The first kappa shape index (κ1) is 19.6. The van der Waals surface area contributed by atoms with E-state index in [1.807, 2.05) is 55.5 Å². The number of esters is 1. The van der Waals surface area contributed by atoms with Crippen LogP contribution in [-0.4, -0.2) is 44.8 Å². The highest BCUT2D eigenvalue weighted by molar-refractivity contribution is 5.94. The second-order valence-electron chi connectivity index (χ2n) is 6.49. The summed E-state index contributed by atoms with van der Waals surface area (Å²) in [4.78, 5) is 26.0. The highest BCUT2D eigenvalue weighted by Gasteiger charge is 2.11. The van der Waals surface area contributed by atoms with Crippen LogP contribution in [-0.2, 0) is 19.1 Å². The van der Waals surface area contributed by atoms with Crippen LogP contribution in [0.2, 0.25) is 0 Å². The Labute approximate surface area is 164 Å². The topological polar surface area (TPSA) is 67.9 Å². The summed E-state index contributed by atoms with van der Waals surface area (Å²) in [5, 5.41) is 2.73. The molecule has 0 atom stereocenters. The summed E-state index contributed by atoms with van der Waals surface area (Å²) in [7, 11) is 0. The molecular weight excluding hydrogens is 356 g/mol. The third kappa shape index (κ3) is 5.69. The van der Waals surface area contributed by atoms with Gasteiger partial charge in [0.2, 0.25) is 0 Å². The van der Waals surface area contributed by atoms with Crippen molar-refractivity contribution in [3.8, 4) is 0 Å². The number of nitrogens with zero attached hydrogens (tertiary/aromatic N) is 1. The molecule has 0 aliphatic carbocycles. The van der Waals surface area contributed by atoms with Crippen molar-refractivity contribution < 1.29 is 19.1 Å². The molecular formula is C22H24N2O4. The van der Waals surface area contributed by atoms with Gasteiger partial charge in [0, 0.05) is 30.5 Å². The maximum atomic E-state index is 12.0. The zero-order valence-electron chi connectivity index (χ0n) is 15.9. The summed E-state index contributed by atoms with van der Waals surface area (Å²) in [6, 6.07) is 15.3. The molecule has 3 rings (SSSR count). The molecule has 0 unspecified atom stereocenters. The van der Waals surface area contributed by atoms with Crippen LogP contribution in [0.25, 0.3) is 6.08 Å². The van der Waals surface area contributed by atoms with Crippen LogP contribution in [0.5, 0.6) is 0 Å². The number of ether oxygens (including phenoxy) is 2. The Morgan fingerprint density at radius 2 is 1.82 bits per heavy atom. The molecule has 1 saturated heterocycles. The lowest BCUT2D eigenvalue weighted by Gasteiger charge is -2.28. The maximum Gasteiger partial charge on any atom is 0.331 e. The molecule has 1 aliphatic rings. The van der Waals surface area contributed by atoms with E-state index in [4.69, 9.17) is 9.47 Å². The van der Waals surface area contributed by atoms with Gasteiger partial charge < -0.3 is 19.7 Å². The molecule has 6 heteroatoms. The molecule has 146 valence electrons. The minimum Gasteiger partial charge on any atom is -0.452 e. The number of nitrogens with one attached hydrogen (secondary N) is 1. The average Bonchev–Trinajstić information content (AvgIpc) is 2.73. The quantitative estimate of drug-likeness (QED) is 0.616. The Bertz CT molecular complexity index is 840. The van der Waals surface area contributed by atoms with E-state index in [0.29, 0.717) is 5.69 Å². The van der Waals surface area contributed by atoms with E-state index in [9.17, 15) is 9.59 Å². The van der Waals surface area contributed by atoms with Crippen molar-refractivity contribution in [1.82, 2.24) is 0 Å². The van der Waals surface area contributed by atoms with Crippen LogP contribution in [0.4, 0.5) is 11.4 Å². The summed E-state index contributed by atoms with van der Waals surface area (Å²) in [6.07, 6.45) is 3.01. The lowest BCUT2D eigenvalue weighted by molar-refractivity contribution is -0.142. The number of rotatable bonds is 6. The number of hydrogen-bond acceptors (Lipinski definition) is 5. The number of amides is 1. The van der Waals surface area contributed by atoms with E-state index in [1.165, 1.54) is 6.08 Å². The van der Waals surface area contributed by atoms with Crippen LogP contribution < -0.4 is 10.2 Å². The first-order valence-electron chi connectivity index (χ1n) is 9.25. The molecule has 2 aromatic rings. The highest BCUT2D eigenvalue weighted by Crippen LogP contribution is 2.19. The van der Waals surface area contributed by atoms with E-state index in [2.05, 4.69) is 10.2 Å². The molecule has 0 bridgehead atoms. The molecule has 0 saturated carbocycles. The number of anilines is 2.